The number of carbonyl (C=O) groups is 2. The summed E-state index contributed by atoms with van der Waals surface area (Å²) in [6.07, 6.45) is 3.07. The zero-order valence-corrected chi connectivity index (χ0v) is 18.3. The van der Waals surface area contributed by atoms with Gasteiger partial charge in [0.1, 0.15) is 11.4 Å². The maximum absolute atomic E-state index is 13.2. The molecule has 2 fully saturated rings. The van der Waals surface area contributed by atoms with Crippen LogP contribution in [0.2, 0.25) is 0 Å². The van der Waals surface area contributed by atoms with Crippen molar-refractivity contribution in [1.29, 1.82) is 10.5 Å². The fourth-order valence-electron chi connectivity index (χ4n) is 4.76. The lowest BCUT2D eigenvalue weighted by Gasteiger charge is -2.42. The number of carbonyl (C=O) groups excluding carboxylic acids is 1. The Morgan fingerprint density at radius 2 is 2.00 bits per heavy atom. The fraction of sp³-hybridized carbons (Fsp3) is 0.435. The van der Waals surface area contributed by atoms with Gasteiger partial charge in [-0.3, -0.25) is 9.48 Å². The lowest BCUT2D eigenvalue weighted by Crippen LogP contribution is -2.52. The third-order valence-electron chi connectivity index (χ3n) is 6.79. The van der Waals surface area contributed by atoms with Crippen molar-refractivity contribution >= 4 is 23.5 Å². The molecule has 1 aromatic heterocycles. The second-order valence-electron chi connectivity index (χ2n) is 8.96. The van der Waals surface area contributed by atoms with Crippen molar-refractivity contribution < 1.29 is 19.1 Å². The van der Waals surface area contributed by atoms with Gasteiger partial charge in [0, 0.05) is 24.8 Å². The van der Waals surface area contributed by atoms with E-state index in [1.807, 2.05) is 0 Å². The number of primary amides is 1. The Bertz CT molecular complexity index is 1180. The molecule has 0 spiro atoms. The second kappa shape index (κ2) is 9.02. The molecule has 1 saturated heterocycles. The number of piperidine rings is 1. The van der Waals surface area contributed by atoms with E-state index < -0.39 is 35.8 Å². The van der Waals surface area contributed by atoms with Gasteiger partial charge in [0.2, 0.25) is 0 Å². The number of rotatable bonds is 7. The molecule has 3 atom stereocenters. The Labute approximate surface area is 195 Å². The van der Waals surface area contributed by atoms with Crippen molar-refractivity contribution in [2.24, 2.45) is 17.1 Å². The standard InChI is InChI=1S/C23H24FN7O3/c24-14-1-3-15(4-2-14)28-21-17(20(27)32)13-31(29-21)18-5-10-30(22(33)34)19(16(18)12-26)11-23(6-7-23)8-9-25/h1-4,13,16,18-19H,5-8,10-11H2,(H2,27,32)(H,28,29)(H,33,34)/t16-,18+,19?/m0/s1. The number of aromatic nitrogens is 2. The molecule has 1 saturated carbocycles. The van der Waals surface area contributed by atoms with Crippen LogP contribution in [0.1, 0.15) is 48.5 Å². The van der Waals surface area contributed by atoms with E-state index in [9.17, 15) is 29.6 Å². The lowest BCUT2D eigenvalue weighted by atomic mass is 9.79. The van der Waals surface area contributed by atoms with Crippen LogP contribution < -0.4 is 11.1 Å². The number of anilines is 2. The van der Waals surface area contributed by atoms with Crippen molar-refractivity contribution in [3.8, 4) is 12.1 Å². The summed E-state index contributed by atoms with van der Waals surface area (Å²) in [5.41, 5.74) is 5.88. The molecule has 4 N–H and O–H groups in total. The summed E-state index contributed by atoms with van der Waals surface area (Å²) in [5.74, 6) is -1.71. The van der Waals surface area contributed by atoms with Gasteiger partial charge >= 0.3 is 6.09 Å². The van der Waals surface area contributed by atoms with Crippen LogP contribution >= 0.6 is 0 Å². The summed E-state index contributed by atoms with van der Waals surface area (Å²) in [7, 11) is 0. The van der Waals surface area contributed by atoms with Gasteiger partial charge in [0.05, 0.1) is 30.1 Å². The van der Waals surface area contributed by atoms with Crippen LogP contribution in [0.5, 0.6) is 0 Å². The van der Waals surface area contributed by atoms with Crippen LogP contribution in [-0.2, 0) is 0 Å². The quantitative estimate of drug-likeness (QED) is 0.564. The van der Waals surface area contributed by atoms with E-state index >= 15 is 0 Å². The molecule has 2 aliphatic rings. The van der Waals surface area contributed by atoms with E-state index in [1.165, 1.54) is 40.0 Å². The van der Waals surface area contributed by atoms with E-state index in [2.05, 4.69) is 22.6 Å². The summed E-state index contributed by atoms with van der Waals surface area (Å²) in [5, 5.41) is 36.4. The van der Waals surface area contributed by atoms with Crippen LogP contribution in [0, 0.1) is 39.8 Å². The molecule has 1 unspecified atom stereocenters. The molecule has 1 aliphatic carbocycles. The van der Waals surface area contributed by atoms with Crippen LogP contribution in [-0.4, -0.2) is 44.4 Å². The highest BCUT2D eigenvalue weighted by Gasteiger charge is 2.50. The zero-order chi connectivity index (χ0) is 24.5. The molecular formula is C23H24FN7O3. The first-order valence-corrected chi connectivity index (χ1v) is 10.9. The molecule has 0 radical (unpaired) electrons. The van der Waals surface area contributed by atoms with E-state index in [0.29, 0.717) is 24.9 Å². The van der Waals surface area contributed by atoms with Gasteiger partial charge in [-0.05, 0) is 55.4 Å². The predicted molar refractivity (Wildman–Crippen MR) is 118 cm³/mol. The minimum Gasteiger partial charge on any atom is -0.465 e. The van der Waals surface area contributed by atoms with E-state index in [4.69, 9.17) is 5.73 Å². The van der Waals surface area contributed by atoms with E-state index in [-0.39, 0.29) is 23.3 Å². The number of hydrogen-bond acceptors (Lipinski definition) is 6. The summed E-state index contributed by atoms with van der Waals surface area (Å²) in [6.45, 7) is 0.192. The lowest BCUT2D eigenvalue weighted by molar-refractivity contribution is 0.0535. The normalized spacial score (nSPS) is 22.9. The minimum absolute atomic E-state index is 0.0985. The summed E-state index contributed by atoms with van der Waals surface area (Å²) in [6, 6.07) is 8.85. The SMILES string of the molecule is N#CCC1(CC2[C@@H](C#N)[C@H](n3cc(C(N)=O)c(Nc4ccc(F)cc4)n3)CCN2C(=O)O)CC1. The second-order valence-corrected chi connectivity index (χ2v) is 8.96. The monoisotopic (exact) mass is 465 g/mol. The van der Waals surface area contributed by atoms with E-state index in [1.54, 1.807) is 0 Å². The van der Waals surface area contributed by atoms with Gasteiger partial charge in [-0.1, -0.05) is 0 Å². The molecule has 11 heteroatoms. The topological polar surface area (TPSA) is 161 Å². The average molecular weight is 465 g/mol. The number of nitriles is 2. The maximum atomic E-state index is 13.2. The van der Waals surface area contributed by atoms with Crippen molar-refractivity contribution in [1.82, 2.24) is 14.7 Å². The largest absolute Gasteiger partial charge is 0.465 e. The molecule has 2 aromatic rings. The molecule has 2 amide bonds. The van der Waals surface area contributed by atoms with Crippen LogP contribution in [0.4, 0.5) is 20.7 Å². The zero-order valence-electron chi connectivity index (χ0n) is 18.3. The van der Waals surface area contributed by atoms with Crippen molar-refractivity contribution in [3.05, 3.63) is 41.8 Å². The highest BCUT2D eigenvalue weighted by Crippen LogP contribution is 2.54. The third kappa shape index (κ3) is 4.50. The Morgan fingerprint density at radius 1 is 1.29 bits per heavy atom. The Hall–Kier alpha value is -4.12. The summed E-state index contributed by atoms with van der Waals surface area (Å²) >= 11 is 0. The number of nitrogens with zero attached hydrogens (tertiary/aromatic N) is 5. The van der Waals surface area contributed by atoms with Crippen LogP contribution in [0.3, 0.4) is 0 Å². The maximum Gasteiger partial charge on any atom is 0.407 e. The van der Waals surface area contributed by atoms with Crippen LogP contribution in [0.15, 0.2) is 30.5 Å². The smallest absolute Gasteiger partial charge is 0.407 e. The van der Waals surface area contributed by atoms with Gasteiger partial charge in [0.25, 0.3) is 5.91 Å². The molecule has 176 valence electrons. The molecule has 4 rings (SSSR count). The Morgan fingerprint density at radius 3 is 2.56 bits per heavy atom. The van der Waals surface area contributed by atoms with Crippen molar-refractivity contribution in [3.63, 3.8) is 0 Å². The average Bonchev–Trinajstić information content (AvgIpc) is 3.42. The number of hydrogen-bond donors (Lipinski definition) is 3. The Kier molecular flexibility index (Phi) is 6.12. The van der Waals surface area contributed by atoms with Gasteiger partial charge in [-0.25, -0.2) is 9.18 Å². The highest BCUT2D eigenvalue weighted by molar-refractivity contribution is 5.98. The van der Waals surface area contributed by atoms with Gasteiger partial charge in [-0.2, -0.15) is 15.6 Å². The number of halogens is 1. The van der Waals surface area contributed by atoms with Gasteiger partial charge in [-0.15, -0.1) is 0 Å². The Balaban J connectivity index is 1.65. The van der Waals surface area contributed by atoms with Gasteiger partial charge < -0.3 is 21.1 Å². The fourth-order valence-corrected chi connectivity index (χ4v) is 4.76. The molecule has 0 bridgehead atoms. The number of likely N-dealkylation sites (tertiary alicyclic amines) is 1. The number of carboxylic acid groups (broad SMARTS) is 1. The third-order valence-corrected chi connectivity index (χ3v) is 6.79. The van der Waals surface area contributed by atoms with Crippen molar-refractivity contribution in [2.45, 2.75) is 44.2 Å². The number of nitrogens with two attached hydrogens (primary N) is 1. The first kappa shape index (κ1) is 23.1. The van der Waals surface area contributed by atoms with E-state index in [0.717, 1.165) is 12.8 Å². The number of amides is 2. The number of nitrogens with one attached hydrogen (secondary N) is 1. The molecule has 2 heterocycles. The first-order chi connectivity index (χ1) is 16.3. The molecular weight excluding hydrogens is 441 g/mol. The number of benzene rings is 1. The van der Waals surface area contributed by atoms with Crippen molar-refractivity contribution in [2.75, 3.05) is 11.9 Å². The van der Waals surface area contributed by atoms with Gasteiger partial charge in [0.15, 0.2) is 5.82 Å². The molecule has 34 heavy (non-hydrogen) atoms. The predicted octanol–water partition coefficient (Wildman–Crippen LogP) is 3.38. The highest BCUT2D eigenvalue weighted by atomic mass is 19.1. The first-order valence-electron chi connectivity index (χ1n) is 10.9. The summed E-state index contributed by atoms with van der Waals surface area (Å²) in [4.78, 5) is 25.3. The molecule has 10 nitrogen and oxygen atoms in total. The molecule has 1 aromatic carbocycles. The minimum atomic E-state index is -1.10. The molecule has 1 aliphatic heterocycles. The van der Waals surface area contributed by atoms with Crippen LogP contribution in [0.25, 0.3) is 0 Å². The summed E-state index contributed by atoms with van der Waals surface area (Å²) < 4.78 is 14.7.